The van der Waals surface area contributed by atoms with Crippen molar-refractivity contribution in [2.24, 2.45) is 0 Å². The first-order valence-electron chi connectivity index (χ1n) is 23.7. The van der Waals surface area contributed by atoms with Crippen LogP contribution in [0.3, 0.4) is 0 Å². The first kappa shape index (κ1) is 47.5. The SMILES string of the molecule is CCCCCCCCCCCCCCCCCCCCOC(C)c1ccc(OC(=O)c2ccc(-c3ccc(CCCCCCCCCCCC)cc3)cc2)cc1. The summed E-state index contributed by atoms with van der Waals surface area (Å²) in [6.45, 7) is 7.46. The number of hydrogen-bond acceptors (Lipinski definition) is 3. The average Bonchev–Trinajstić information content (AvgIpc) is 3.23. The van der Waals surface area contributed by atoms with Crippen molar-refractivity contribution in [3.05, 3.63) is 89.5 Å². The highest BCUT2D eigenvalue weighted by Gasteiger charge is 2.11. The summed E-state index contributed by atoms with van der Waals surface area (Å²) in [5.41, 5.74) is 5.34. The van der Waals surface area contributed by atoms with Crippen molar-refractivity contribution >= 4 is 5.97 Å². The number of unbranched alkanes of at least 4 members (excludes halogenated alkanes) is 26. The van der Waals surface area contributed by atoms with Crippen LogP contribution in [0.25, 0.3) is 11.1 Å². The summed E-state index contributed by atoms with van der Waals surface area (Å²) >= 11 is 0. The van der Waals surface area contributed by atoms with Crippen molar-refractivity contribution in [3.63, 3.8) is 0 Å². The van der Waals surface area contributed by atoms with Crippen molar-refractivity contribution in [2.45, 2.75) is 213 Å². The molecule has 0 saturated heterocycles. The zero-order valence-electron chi connectivity index (χ0n) is 36.4. The summed E-state index contributed by atoms with van der Waals surface area (Å²) in [6, 6.07) is 24.4. The predicted octanol–water partition coefficient (Wildman–Crippen LogP) is 17.2. The van der Waals surface area contributed by atoms with Crippen molar-refractivity contribution in [2.75, 3.05) is 6.61 Å². The Morgan fingerprint density at radius 1 is 0.446 bits per heavy atom. The van der Waals surface area contributed by atoms with Crippen molar-refractivity contribution in [1.29, 1.82) is 0 Å². The lowest BCUT2D eigenvalue weighted by atomic mass is 10.00. The van der Waals surface area contributed by atoms with E-state index in [0.29, 0.717) is 11.3 Å². The average molecular weight is 767 g/mol. The molecule has 1 unspecified atom stereocenters. The molecule has 0 radical (unpaired) electrons. The third kappa shape index (κ3) is 22.1. The molecule has 0 amide bonds. The van der Waals surface area contributed by atoms with Gasteiger partial charge >= 0.3 is 5.97 Å². The Bertz CT molecular complexity index is 1340. The maximum Gasteiger partial charge on any atom is 0.343 e. The standard InChI is InChI=1S/C53H82O3/c1-4-6-8-10-12-14-16-17-18-19-20-21-22-23-25-27-29-31-45-55-46(3)48-41-43-52(44-42-48)56-53(54)51-39-37-50(38-40-51)49-35-33-47(34-36-49)32-30-28-26-24-15-13-11-9-7-5-2/h33-44,46H,4-32,45H2,1-3H3. The number of carbonyl (C=O) groups excluding carboxylic acids is 1. The van der Waals surface area contributed by atoms with Gasteiger partial charge in [0.1, 0.15) is 5.75 Å². The monoisotopic (exact) mass is 767 g/mol. The van der Waals surface area contributed by atoms with Gasteiger partial charge in [0.2, 0.25) is 0 Å². The van der Waals surface area contributed by atoms with E-state index in [-0.39, 0.29) is 12.1 Å². The largest absolute Gasteiger partial charge is 0.423 e. The molecule has 1 atom stereocenters. The minimum atomic E-state index is -0.338. The lowest BCUT2D eigenvalue weighted by Crippen LogP contribution is -2.08. The Hall–Kier alpha value is -2.91. The van der Waals surface area contributed by atoms with Crippen LogP contribution in [0.4, 0.5) is 0 Å². The molecule has 3 nitrogen and oxygen atoms in total. The van der Waals surface area contributed by atoms with Crippen LogP contribution in [0.2, 0.25) is 0 Å². The van der Waals surface area contributed by atoms with E-state index in [1.54, 1.807) is 0 Å². The third-order valence-corrected chi connectivity index (χ3v) is 11.7. The summed E-state index contributed by atoms with van der Waals surface area (Å²) in [4.78, 5) is 12.9. The fourth-order valence-corrected chi connectivity index (χ4v) is 7.81. The third-order valence-electron chi connectivity index (χ3n) is 11.7. The summed E-state index contributed by atoms with van der Waals surface area (Å²) < 4.78 is 11.8. The second-order valence-electron chi connectivity index (χ2n) is 16.7. The Balaban J connectivity index is 1.20. The van der Waals surface area contributed by atoms with Gasteiger partial charge in [0.25, 0.3) is 0 Å². The minimum Gasteiger partial charge on any atom is -0.423 e. The molecule has 0 aromatic heterocycles. The van der Waals surface area contributed by atoms with Crippen LogP contribution in [-0.4, -0.2) is 12.6 Å². The van der Waals surface area contributed by atoms with Crippen molar-refractivity contribution in [3.8, 4) is 16.9 Å². The van der Waals surface area contributed by atoms with Gasteiger partial charge in [-0.15, -0.1) is 0 Å². The van der Waals surface area contributed by atoms with Crippen LogP contribution in [-0.2, 0) is 11.2 Å². The Labute approximate surface area is 345 Å². The molecule has 0 aliphatic rings. The maximum absolute atomic E-state index is 12.9. The molecule has 0 aliphatic carbocycles. The van der Waals surface area contributed by atoms with Crippen molar-refractivity contribution in [1.82, 2.24) is 0 Å². The van der Waals surface area contributed by atoms with Gasteiger partial charge in [-0.2, -0.15) is 0 Å². The molecular formula is C53H82O3. The van der Waals surface area contributed by atoms with Crippen LogP contribution in [0.1, 0.15) is 228 Å². The number of hydrogen-bond donors (Lipinski definition) is 0. The second-order valence-corrected chi connectivity index (χ2v) is 16.7. The smallest absolute Gasteiger partial charge is 0.343 e. The van der Waals surface area contributed by atoms with Gasteiger partial charge in [-0.25, -0.2) is 4.79 Å². The zero-order chi connectivity index (χ0) is 39.7. The highest BCUT2D eigenvalue weighted by molar-refractivity contribution is 5.91. The van der Waals surface area contributed by atoms with Crippen LogP contribution < -0.4 is 4.74 Å². The maximum atomic E-state index is 12.9. The summed E-state index contributed by atoms with van der Waals surface area (Å²) in [6.07, 6.45) is 39.8. The van der Waals surface area contributed by atoms with Gasteiger partial charge in [0.15, 0.2) is 0 Å². The summed E-state index contributed by atoms with van der Waals surface area (Å²) in [7, 11) is 0. The number of rotatable bonds is 35. The van der Waals surface area contributed by atoms with E-state index < -0.39 is 0 Å². The topological polar surface area (TPSA) is 35.5 Å². The van der Waals surface area contributed by atoms with E-state index in [9.17, 15) is 4.79 Å². The van der Waals surface area contributed by atoms with E-state index in [2.05, 4.69) is 45.0 Å². The van der Waals surface area contributed by atoms with Gasteiger partial charge in [-0.05, 0) is 72.7 Å². The quantitative estimate of drug-likeness (QED) is 0.0340. The molecule has 0 spiro atoms. The highest BCUT2D eigenvalue weighted by Crippen LogP contribution is 2.24. The van der Waals surface area contributed by atoms with Crippen LogP contribution in [0.15, 0.2) is 72.8 Å². The van der Waals surface area contributed by atoms with Gasteiger partial charge < -0.3 is 9.47 Å². The van der Waals surface area contributed by atoms with E-state index in [1.165, 1.54) is 184 Å². The molecule has 3 rings (SSSR count). The van der Waals surface area contributed by atoms with Gasteiger partial charge in [0.05, 0.1) is 11.7 Å². The Morgan fingerprint density at radius 2 is 0.821 bits per heavy atom. The number of ether oxygens (including phenoxy) is 2. The molecule has 3 aromatic carbocycles. The molecule has 0 bridgehead atoms. The van der Waals surface area contributed by atoms with Gasteiger partial charge in [0, 0.05) is 6.61 Å². The van der Waals surface area contributed by atoms with Gasteiger partial charge in [-0.3, -0.25) is 0 Å². The first-order valence-corrected chi connectivity index (χ1v) is 23.7. The lowest BCUT2D eigenvalue weighted by Gasteiger charge is -2.14. The van der Waals surface area contributed by atoms with E-state index in [0.717, 1.165) is 30.6 Å². The fraction of sp³-hybridized carbons (Fsp3) is 0.642. The van der Waals surface area contributed by atoms with Crippen molar-refractivity contribution < 1.29 is 14.3 Å². The van der Waals surface area contributed by atoms with Gasteiger partial charge in [-0.1, -0.05) is 229 Å². The predicted molar refractivity (Wildman–Crippen MR) is 242 cm³/mol. The zero-order valence-corrected chi connectivity index (χ0v) is 36.4. The molecular weight excluding hydrogens is 685 g/mol. The molecule has 0 heterocycles. The first-order chi connectivity index (χ1) is 27.6. The summed E-state index contributed by atoms with van der Waals surface area (Å²) in [5.74, 6) is 0.214. The van der Waals surface area contributed by atoms with Crippen LogP contribution in [0.5, 0.6) is 5.75 Å². The Kier molecular flexibility index (Phi) is 27.2. The number of carbonyl (C=O) groups is 1. The molecule has 312 valence electrons. The molecule has 3 heteroatoms. The number of benzene rings is 3. The highest BCUT2D eigenvalue weighted by atomic mass is 16.5. The second kappa shape index (κ2) is 32.1. The molecule has 0 fully saturated rings. The normalized spacial score (nSPS) is 11.9. The fourth-order valence-electron chi connectivity index (χ4n) is 7.81. The van der Waals surface area contributed by atoms with E-state index in [1.807, 2.05) is 48.5 Å². The minimum absolute atomic E-state index is 0.0203. The molecule has 0 saturated carbocycles. The van der Waals surface area contributed by atoms with Crippen LogP contribution >= 0.6 is 0 Å². The molecule has 0 N–H and O–H groups in total. The number of esters is 1. The van der Waals surface area contributed by atoms with E-state index >= 15 is 0 Å². The summed E-state index contributed by atoms with van der Waals surface area (Å²) in [5, 5.41) is 0. The lowest BCUT2D eigenvalue weighted by molar-refractivity contribution is 0.0627. The molecule has 56 heavy (non-hydrogen) atoms. The van der Waals surface area contributed by atoms with E-state index in [4.69, 9.17) is 9.47 Å². The van der Waals surface area contributed by atoms with Crippen LogP contribution in [0, 0.1) is 0 Å². The number of aryl methyl sites for hydroxylation is 1. The molecule has 0 aliphatic heterocycles. The Morgan fingerprint density at radius 3 is 1.25 bits per heavy atom. The molecule has 3 aromatic rings.